The van der Waals surface area contributed by atoms with Gasteiger partial charge in [-0.1, -0.05) is 18.2 Å². The summed E-state index contributed by atoms with van der Waals surface area (Å²) in [6, 6.07) is 17.0. The van der Waals surface area contributed by atoms with Crippen LogP contribution in [-0.2, 0) is 6.42 Å². The lowest BCUT2D eigenvalue weighted by atomic mass is 9.85. The lowest BCUT2D eigenvalue weighted by molar-refractivity contribution is 0.136. The van der Waals surface area contributed by atoms with E-state index in [9.17, 15) is 0 Å². The molecule has 144 valence electrons. The van der Waals surface area contributed by atoms with E-state index in [1.54, 1.807) is 14.2 Å². The van der Waals surface area contributed by atoms with Crippen LogP contribution in [0.2, 0.25) is 0 Å². The molecular formula is C23H24N2O3. The van der Waals surface area contributed by atoms with Gasteiger partial charge in [0.05, 0.1) is 20.3 Å². The first-order valence-corrected chi connectivity index (χ1v) is 9.62. The lowest BCUT2D eigenvalue weighted by Gasteiger charge is -2.46. The molecule has 0 aliphatic carbocycles. The SMILES string of the molecule is COc1cc2c(cc1OC)[C@H]1c3ccccc3N[C@@H](c3ccc(C)o3)N1CC2. The van der Waals surface area contributed by atoms with Crippen molar-refractivity contribution in [2.75, 3.05) is 26.1 Å². The summed E-state index contributed by atoms with van der Waals surface area (Å²) >= 11 is 0. The lowest BCUT2D eigenvalue weighted by Crippen LogP contribution is -2.45. The summed E-state index contributed by atoms with van der Waals surface area (Å²) in [6.07, 6.45) is 0.946. The number of nitrogens with one attached hydrogen (secondary N) is 1. The number of ether oxygens (including phenoxy) is 2. The Bertz CT molecular complexity index is 1030. The van der Waals surface area contributed by atoms with Gasteiger partial charge >= 0.3 is 0 Å². The van der Waals surface area contributed by atoms with E-state index in [4.69, 9.17) is 13.9 Å². The fourth-order valence-corrected chi connectivity index (χ4v) is 4.52. The Morgan fingerprint density at radius 3 is 2.54 bits per heavy atom. The summed E-state index contributed by atoms with van der Waals surface area (Å²) < 4.78 is 17.1. The molecule has 28 heavy (non-hydrogen) atoms. The van der Waals surface area contributed by atoms with E-state index >= 15 is 0 Å². The van der Waals surface area contributed by atoms with Crippen molar-refractivity contribution in [3.05, 3.63) is 76.7 Å². The van der Waals surface area contributed by atoms with E-state index in [2.05, 4.69) is 52.7 Å². The van der Waals surface area contributed by atoms with Gasteiger partial charge < -0.3 is 19.2 Å². The Labute approximate surface area is 164 Å². The van der Waals surface area contributed by atoms with Gasteiger partial charge in [0.25, 0.3) is 0 Å². The Morgan fingerprint density at radius 1 is 1.00 bits per heavy atom. The van der Waals surface area contributed by atoms with Gasteiger partial charge in [-0.2, -0.15) is 0 Å². The van der Waals surface area contributed by atoms with Gasteiger partial charge in [0, 0.05) is 12.2 Å². The van der Waals surface area contributed by atoms with Gasteiger partial charge in [0.15, 0.2) is 11.5 Å². The van der Waals surface area contributed by atoms with Crippen LogP contribution in [0.5, 0.6) is 11.5 Å². The molecule has 3 aromatic rings. The molecule has 5 nitrogen and oxygen atoms in total. The Kier molecular flexibility index (Phi) is 4.05. The van der Waals surface area contributed by atoms with Crippen molar-refractivity contribution in [2.45, 2.75) is 25.6 Å². The van der Waals surface area contributed by atoms with Crippen LogP contribution >= 0.6 is 0 Å². The molecule has 2 aliphatic heterocycles. The monoisotopic (exact) mass is 376 g/mol. The highest BCUT2D eigenvalue weighted by atomic mass is 16.5. The number of benzene rings is 2. The van der Waals surface area contributed by atoms with Gasteiger partial charge in [0.2, 0.25) is 0 Å². The summed E-state index contributed by atoms with van der Waals surface area (Å²) in [5, 5.41) is 3.68. The van der Waals surface area contributed by atoms with Crippen LogP contribution in [0.4, 0.5) is 5.69 Å². The summed E-state index contributed by atoms with van der Waals surface area (Å²) in [6.45, 7) is 2.92. The van der Waals surface area contributed by atoms with Crippen molar-refractivity contribution < 1.29 is 13.9 Å². The van der Waals surface area contributed by atoms with Crippen molar-refractivity contribution in [2.24, 2.45) is 0 Å². The van der Waals surface area contributed by atoms with E-state index in [-0.39, 0.29) is 12.2 Å². The van der Waals surface area contributed by atoms with E-state index in [0.29, 0.717) is 0 Å². The molecule has 3 heterocycles. The number of para-hydroxylation sites is 1. The highest BCUT2D eigenvalue weighted by Gasteiger charge is 2.40. The van der Waals surface area contributed by atoms with Crippen molar-refractivity contribution >= 4 is 5.69 Å². The van der Waals surface area contributed by atoms with Gasteiger partial charge in [-0.15, -0.1) is 0 Å². The second-order valence-electron chi connectivity index (χ2n) is 7.38. The molecule has 0 saturated carbocycles. The first kappa shape index (κ1) is 17.2. The molecule has 1 N–H and O–H groups in total. The molecule has 0 amide bonds. The fraction of sp³-hybridized carbons (Fsp3) is 0.304. The zero-order valence-electron chi connectivity index (χ0n) is 16.4. The molecule has 0 fully saturated rings. The molecule has 5 heteroatoms. The highest BCUT2D eigenvalue weighted by molar-refractivity contribution is 5.61. The standard InChI is InChI=1S/C23H24N2O3/c1-14-8-9-19(28-14)23-24-18-7-5-4-6-16(18)22-17-13-21(27-3)20(26-2)12-15(17)10-11-25(22)23/h4-9,12-13,22-24H,10-11H2,1-3H3/t22-,23-/m1/s1. The third kappa shape index (κ3) is 2.58. The number of nitrogens with zero attached hydrogens (tertiary/aromatic N) is 1. The van der Waals surface area contributed by atoms with Gasteiger partial charge in [-0.3, -0.25) is 4.90 Å². The number of fused-ring (bicyclic) bond motifs is 5. The summed E-state index contributed by atoms with van der Waals surface area (Å²) in [5.41, 5.74) is 5.00. The van der Waals surface area contributed by atoms with E-state index in [1.165, 1.54) is 16.7 Å². The third-order valence-corrected chi connectivity index (χ3v) is 5.82. The van der Waals surface area contributed by atoms with E-state index < -0.39 is 0 Å². The van der Waals surface area contributed by atoms with Crippen LogP contribution in [0.1, 0.15) is 40.4 Å². The third-order valence-electron chi connectivity index (χ3n) is 5.82. The number of hydrogen-bond donors (Lipinski definition) is 1. The summed E-state index contributed by atoms with van der Waals surface area (Å²) in [4.78, 5) is 2.48. The molecule has 0 saturated heterocycles. The molecule has 0 radical (unpaired) electrons. The summed E-state index contributed by atoms with van der Waals surface area (Å²) in [7, 11) is 3.38. The minimum absolute atomic E-state index is 0.00477. The van der Waals surface area contributed by atoms with Crippen LogP contribution in [0, 0.1) is 6.92 Å². The van der Waals surface area contributed by atoms with Gasteiger partial charge in [-0.05, 0) is 60.4 Å². The molecule has 0 unspecified atom stereocenters. The maximum atomic E-state index is 6.01. The average Bonchev–Trinajstić information content (AvgIpc) is 3.17. The zero-order chi connectivity index (χ0) is 19.3. The molecule has 2 aromatic carbocycles. The Balaban J connectivity index is 1.68. The van der Waals surface area contributed by atoms with Crippen molar-refractivity contribution in [3.63, 3.8) is 0 Å². The van der Waals surface area contributed by atoms with Crippen molar-refractivity contribution in [1.29, 1.82) is 0 Å². The number of furan rings is 1. The first-order valence-electron chi connectivity index (χ1n) is 9.62. The number of anilines is 1. The normalized spacial score (nSPS) is 20.5. The van der Waals surface area contributed by atoms with Gasteiger partial charge in [0.1, 0.15) is 17.7 Å². The Morgan fingerprint density at radius 2 is 1.79 bits per heavy atom. The number of hydrogen-bond acceptors (Lipinski definition) is 5. The number of aryl methyl sites for hydroxylation is 1. The van der Waals surface area contributed by atoms with Crippen LogP contribution in [0.3, 0.4) is 0 Å². The van der Waals surface area contributed by atoms with Crippen LogP contribution < -0.4 is 14.8 Å². The average molecular weight is 376 g/mol. The van der Waals surface area contributed by atoms with E-state index in [0.717, 1.165) is 41.7 Å². The molecule has 0 bridgehead atoms. The van der Waals surface area contributed by atoms with Crippen LogP contribution in [0.15, 0.2) is 52.9 Å². The second-order valence-corrected chi connectivity index (χ2v) is 7.38. The van der Waals surface area contributed by atoms with E-state index in [1.807, 2.05) is 13.0 Å². The zero-order valence-corrected chi connectivity index (χ0v) is 16.4. The van der Waals surface area contributed by atoms with Gasteiger partial charge in [-0.25, -0.2) is 0 Å². The number of methoxy groups -OCH3 is 2. The maximum Gasteiger partial charge on any atom is 0.161 e. The van der Waals surface area contributed by atoms with Crippen molar-refractivity contribution in [3.8, 4) is 11.5 Å². The molecule has 2 aliphatic rings. The smallest absolute Gasteiger partial charge is 0.161 e. The molecule has 1 aromatic heterocycles. The topological polar surface area (TPSA) is 46.9 Å². The number of rotatable bonds is 3. The minimum atomic E-state index is -0.00477. The molecule has 5 rings (SSSR count). The van der Waals surface area contributed by atoms with Crippen molar-refractivity contribution in [1.82, 2.24) is 4.90 Å². The largest absolute Gasteiger partial charge is 0.493 e. The fourth-order valence-electron chi connectivity index (χ4n) is 4.52. The second kappa shape index (κ2) is 6.60. The van der Waals surface area contributed by atoms with Crippen LogP contribution in [0.25, 0.3) is 0 Å². The molecular weight excluding hydrogens is 352 g/mol. The molecule has 2 atom stereocenters. The van der Waals surface area contributed by atoms with Crippen LogP contribution in [-0.4, -0.2) is 25.7 Å². The highest BCUT2D eigenvalue weighted by Crippen LogP contribution is 2.48. The quantitative estimate of drug-likeness (QED) is 0.719. The summed E-state index contributed by atoms with van der Waals surface area (Å²) in [5.74, 6) is 3.43. The minimum Gasteiger partial charge on any atom is -0.493 e. The predicted molar refractivity (Wildman–Crippen MR) is 108 cm³/mol. The first-order chi connectivity index (χ1) is 13.7. The maximum absolute atomic E-state index is 6.01. The Hall–Kier alpha value is -2.92. The predicted octanol–water partition coefficient (Wildman–Crippen LogP) is 4.68. The molecule has 0 spiro atoms.